The molecular weight excluding hydrogens is 250 g/mol. The minimum atomic E-state index is -3.14. The second-order valence-corrected chi connectivity index (χ2v) is 6.72. The van der Waals surface area contributed by atoms with Gasteiger partial charge in [-0.15, -0.1) is 0 Å². The van der Waals surface area contributed by atoms with Crippen molar-refractivity contribution < 1.29 is 8.42 Å². The summed E-state index contributed by atoms with van der Waals surface area (Å²) < 4.78 is 26.0. The maximum atomic E-state index is 12.2. The molecule has 1 aromatic heterocycles. The molecule has 0 amide bonds. The summed E-state index contributed by atoms with van der Waals surface area (Å²) in [4.78, 5) is 3.92. The Hall–Kier alpha value is -0.980. The van der Waals surface area contributed by atoms with Crippen molar-refractivity contribution in [3.8, 4) is 0 Å². The molecule has 1 aliphatic heterocycles. The van der Waals surface area contributed by atoms with Gasteiger partial charge in [-0.25, -0.2) is 8.42 Å². The standard InChI is InChI=1S/C12H19N3O2S/c1-11-10-15(8-7-14-11)18(16,17)9-4-12-2-5-13-6-3-12/h2-3,5-6,11,14H,4,7-10H2,1H3. The molecule has 1 N–H and O–H groups in total. The van der Waals surface area contributed by atoms with Crippen LogP contribution < -0.4 is 5.32 Å². The van der Waals surface area contributed by atoms with E-state index in [1.54, 1.807) is 16.7 Å². The van der Waals surface area contributed by atoms with Gasteiger partial charge in [0.15, 0.2) is 0 Å². The molecule has 0 aliphatic carbocycles. The Balaban J connectivity index is 1.95. The average molecular weight is 269 g/mol. The van der Waals surface area contributed by atoms with E-state index in [2.05, 4.69) is 10.3 Å². The van der Waals surface area contributed by atoms with Gasteiger partial charge in [-0.1, -0.05) is 0 Å². The Morgan fingerprint density at radius 3 is 2.83 bits per heavy atom. The van der Waals surface area contributed by atoms with E-state index < -0.39 is 10.0 Å². The zero-order chi connectivity index (χ0) is 13.0. The molecule has 18 heavy (non-hydrogen) atoms. The van der Waals surface area contributed by atoms with Crippen LogP contribution in [0.25, 0.3) is 0 Å². The second-order valence-electron chi connectivity index (χ2n) is 4.63. The van der Waals surface area contributed by atoms with Crippen molar-refractivity contribution in [1.29, 1.82) is 0 Å². The monoisotopic (exact) mass is 269 g/mol. The number of rotatable bonds is 4. The molecule has 1 aliphatic rings. The van der Waals surface area contributed by atoms with Crippen LogP contribution >= 0.6 is 0 Å². The summed E-state index contributed by atoms with van der Waals surface area (Å²) in [6, 6.07) is 3.95. The van der Waals surface area contributed by atoms with Crippen molar-refractivity contribution in [3.05, 3.63) is 30.1 Å². The molecule has 1 unspecified atom stereocenters. The topological polar surface area (TPSA) is 62.3 Å². The molecule has 1 fully saturated rings. The highest BCUT2D eigenvalue weighted by atomic mass is 32.2. The van der Waals surface area contributed by atoms with E-state index in [-0.39, 0.29) is 11.8 Å². The van der Waals surface area contributed by atoms with Gasteiger partial charge in [0.25, 0.3) is 0 Å². The van der Waals surface area contributed by atoms with Crippen LogP contribution in [0.15, 0.2) is 24.5 Å². The molecule has 0 bridgehead atoms. The summed E-state index contributed by atoms with van der Waals surface area (Å²) in [6.07, 6.45) is 3.92. The molecule has 1 atom stereocenters. The fourth-order valence-corrected chi connectivity index (χ4v) is 3.65. The van der Waals surface area contributed by atoms with Crippen LogP contribution in [0.3, 0.4) is 0 Å². The van der Waals surface area contributed by atoms with E-state index in [0.29, 0.717) is 19.5 Å². The average Bonchev–Trinajstić information content (AvgIpc) is 2.38. The van der Waals surface area contributed by atoms with Gasteiger partial charge in [-0.05, 0) is 31.0 Å². The Morgan fingerprint density at radius 1 is 1.44 bits per heavy atom. The molecule has 5 nitrogen and oxygen atoms in total. The minimum absolute atomic E-state index is 0.170. The Morgan fingerprint density at radius 2 is 2.17 bits per heavy atom. The van der Waals surface area contributed by atoms with E-state index in [0.717, 1.165) is 12.1 Å². The van der Waals surface area contributed by atoms with E-state index in [1.165, 1.54) is 0 Å². The van der Waals surface area contributed by atoms with Crippen molar-refractivity contribution in [1.82, 2.24) is 14.6 Å². The molecule has 2 rings (SSSR count). The van der Waals surface area contributed by atoms with Gasteiger partial charge in [0.05, 0.1) is 5.75 Å². The third-order valence-corrected chi connectivity index (χ3v) is 4.96. The predicted octanol–water partition coefficient (Wildman–Crippen LogP) is 0.248. The number of aromatic nitrogens is 1. The smallest absolute Gasteiger partial charge is 0.214 e. The van der Waals surface area contributed by atoms with Gasteiger partial charge in [0.2, 0.25) is 10.0 Å². The number of sulfonamides is 1. The van der Waals surface area contributed by atoms with Crippen LogP contribution in [0.1, 0.15) is 12.5 Å². The lowest BCUT2D eigenvalue weighted by atomic mass is 10.2. The number of nitrogens with zero attached hydrogens (tertiary/aromatic N) is 2. The van der Waals surface area contributed by atoms with Crippen molar-refractivity contribution >= 4 is 10.0 Å². The van der Waals surface area contributed by atoms with Gasteiger partial charge in [-0.3, -0.25) is 4.98 Å². The summed E-state index contributed by atoms with van der Waals surface area (Å²) in [7, 11) is -3.14. The molecule has 0 spiro atoms. The van der Waals surface area contributed by atoms with E-state index in [4.69, 9.17) is 0 Å². The molecule has 6 heteroatoms. The van der Waals surface area contributed by atoms with E-state index in [1.807, 2.05) is 19.1 Å². The highest BCUT2D eigenvalue weighted by Gasteiger charge is 2.26. The SMILES string of the molecule is CC1CN(S(=O)(=O)CCc2ccncc2)CCN1. The summed E-state index contributed by atoms with van der Waals surface area (Å²) in [5.41, 5.74) is 1.01. The lowest BCUT2D eigenvalue weighted by molar-refractivity contribution is 0.310. The van der Waals surface area contributed by atoms with Gasteiger partial charge >= 0.3 is 0 Å². The Labute approximate surface area is 108 Å². The van der Waals surface area contributed by atoms with E-state index >= 15 is 0 Å². The van der Waals surface area contributed by atoms with E-state index in [9.17, 15) is 8.42 Å². The molecular formula is C12H19N3O2S. The largest absolute Gasteiger partial charge is 0.312 e. The van der Waals surface area contributed by atoms with Gasteiger partial charge in [0, 0.05) is 38.1 Å². The zero-order valence-corrected chi connectivity index (χ0v) is 11.4. The van der Waals surface area contributed by atoms with Crippen molar-refractivity contribution in [2.24, 2.45) is 0 Å². The number of piperazine rings is 1. The molecule has 2 heterocycles. The highest BCUT2D eigenvalue weighted by Crippen LogP contribution is 2.09. The maximum Gasteiger partial charge on any atom is 0.214 e. The summed E-state index contributed by atoms with van der Waals surface area (Å²) in [5.74, 6) is 0.170. The van der Waals surface area contributed by atoms with Gasteiger partial charge in [0.1, 0.15) is 0 Å². The van der Waals surface area contributed by atoms with Crippen molar-refractivity contribution in [3.63, 3.8) is 0 Å². The summed E-state index contributed by atoms with van der Waals surface area (Å²) in [5, 5.41) is 3.24. The Kier molecular flexibility index (Phi) is 4.31. The summed E-state index contributed by atoms with van der Waals surface area (Å²) in [6.45, 7) is 3.88. The fourth-order valence-electron chi connectivity index (χ4n) is 2.07. The van der Waals surface area contributed by atoms with Gasteiger partial charge < -0.3 is 5.32 Å². The molecule has 1 aromatic rings. The van der Waals surface area contributed by atoms with Crippen LogP contribution in [-0.4, -0.2) is 49.1 Å². The number of aryl methyl sites for hydroxylation is 1. The van der Waals surface area contributed by atoms with Crippen LogP contribution in [0, 0.1) is 0 Å². The van der Waals surface area contributed by atoms with Crippen LogP contribution in [-0.2, 0) is 16.4 Å². The molecule has 100 valence electrons. The van der Waals surface area contributed by atoms with Crippen molar-refractivity contribution in [2.75, 3.05) is 25.4 Å². The van der Waals surface area contributed by atoms with Crippen LogP contribution in [0.2, 0.25) is 0 Å². The fraction of sp³-hybridized carbons (Fsp3) is 0.583. The van der Waals surface area contributed by atoms with Crippen LogP contribution in [0.4, 0.5) is 0 Å². The first-order valence-corrected chi connectivity index (χ1v) is 7.79. The Bertz CT molecular complexity index is 475. The highest BCUT2D eigenvalue weighted by molar-refractivity contribution is 7.89. The second kappa shape index (κ2) is 5.77. The molecule has 0 aromatic carbocycles. The third kappa shape index (κ3) is 3.51. The normalized spacial score (nSPS) is 21.9. The number of hydrogen-bond donors (Lipinski definition) is 1. The molecule has 0 saturated carbocycles. The first kappa shape index (κ1) is 13.5. The lowest BCUT2D eigenvalue weighted by Crippen LogP contribution is -2.51. The first-order chi connectivity index (χ1) is 8.58. The predicted molar refractivity (Wildman–Crippen MR) is 70.8 cm³/mol. The maximum absolute atomic E-state index is 12.2. The van der Waals surface area contributed by atoms with Crippen molar-refractivity contribution in [2.45, 2.75) is 19.4 Å². The zero-order valence-electron chi connectivity index (χ0n) is 10.5. The number of pyridine rings is 1. The van der Waals surface area contributed by atoms with Gasteiger partial charge in [-0.2, -0.15) is 4.31 Å². The minimum Gasteiger partial charge on any atom is -0.312 e. The molecule has 0 radical (unpaired) electrons. The van der Waals surface area contributed by atoms with Crippen LogP contribution in [0.5, 0.6) is 0 Å². The molecule has 1 saturated heterocycles. The lowest BCUT2D eigenvalue weighted by Gasteiger charge is -2.31. The summed E-state index contributed by atoms with van der Waals surface area (Å²) >= 11 is 0. The third-order valence-electron chi connectivity index (χ3n) is 3.12. The first-order valence-electron chi connectivity index (χ1n) is 6.18. The quantitative estimate of drug-likeness (QED) is 0.851. The number of nitrogens with one attached hydrogen (secondary N) is 1. The number of hydrogen-bond acceptors (Lipinski definition) is 4.